The molecule has 1 N–H and O–H groups in total. The van der Waals surface area contributed by atoms with E-state index in [4.69, 9.17) is 0 Å². The van der Waals surface area contributed by atoms with Crippen LogP contribution >= 0.6 is 0 Å². The maximum absolute atomic E-state index is 13.5. The number of pyridine rings is 1. The van der Waals surface area contributed by atoms with Gasteiger partial charge in [0.05, 0.1) is 5.41 Å². The van der Waals surface area contributed by atoms with Crippen LogP contribution in [0.1, 0.15) is 18.9 Å². The van der Waals surface area contributed by atoms with Gasteiger partial charge in [0.1, 0.15) is 11.6 Å². The summed E-state index contributed by atoms with van der Waals surface area (Å²) in [5.41, 5.74) is -0.622. The van der Waals surface area contributed by atoms with Crippen molar-refractivity contribution in [3.63, 3.8) is 0 Å². The topological polar surface area (TPSA) is 71.5 Å². The standard InChI is InChI=1S/C19H17F4N3O3/c1-19(8-16(27)26(10-19)14-6-12(20)5-13(21)7-14)17(28)25-9-11-2-3-24-15(4-11)29-18(22)23/h2-7,18H,8-10H2,1H3,(H,25,28). The number of nitrogens with one attached hydrogen (secondary N) is 1. The van der Waals surface area contributed by atoms with Gasteiger partial charge in [-0.3, -0.25) is 9.59 Å². The molecule has 2 aromatic rings. The average molecular weight is 411 g/mol. The van der Waals surface area contributed by atoms with E-state index in [1.807, 2.05) is 0 Å². The summed E-state index contributed by atoms with van der Waals surface area (Å²) in [5, 5.41) is 2.64. The summed E-state index contributed by atoms with van der Waals surface area (Å²) in [6.07, 6.45) is 1.12. The molecule has 1 aliphatic rings. The van der Waals surface area contributed by atoms with E-state index in [9.17, 15) is 27.2 Å². The minimum atomic E-state index is -3.02. The molecular formula is C19H17F4N3O3. The summed E-state index contributed by atoms with van der Waals surface area (Å²) < 4.78 is 55.7. The Balaban J connectivity index is 1.67. The number of amides is 2. The van der Waals surface area contributed by atoms with Crippen molar-refractivity contribution >= 4 is 17.5 Å². The van der Waals surface area contributed by atoms with Crippen LogP contribution < -0.4 is 15.0 Å². The zero-order valence-electron chi connectivity index (χ0n) is 15.3. The van der Waals surface area contributed by atoms with Crippen LogP contribution in [0.2, 0.25) is 0 Å². The number of anilines is 1. The molecule has 0 spiro atoms. The highest BCUT2D eigenvalue weighted by Crippen LogP contribution is 2.35. The van der Waals surface area contributed by atoms with E-state index in [0.29, 0.717) is 11.6 Å². The molecule has 1 aliphatic heterocycles. The third-order valence-electron chi connectivity index (χ3n) is 4.52. The van der Waals surface area contributed by atoms with Gasteiger partial charge in [0, 0.05) is 43.5 Å². The number of rotatable bonds is 6. The molecule has 0 aliphatic carbocycles. The first-order chi connectivity index (χ1) is 13.7. The molecular weight excluding hydrogens is 394 g/mol. The lowest BCUT2D eigenvalue weighted by Gasteiger charge is -2.23. The fourth-order valence-corrected chi connectivity index (χ4v) is 3.12. The Kier molecular flexibility index (Phi) is 5.71. The van der Waals surface area contributed by atoms with Gasteiger partial charge in [-0.15, -0.1) is 0 Å². The lowest BCUT2D eigenvalue weighted by atomic mass is 9.88. The number of carbonyl (C=O) groups is 2. The second-order valence-corrected chi connectivity index (χ2v) is 6.91. The highest BCUT2D eigenvalue weighted by atomic mass is 19.3. The molecule has 1 aromatic heterocycles. The smallest absolute Gasteiger partial charge is 0.388 e. The van der Waals surface area contributed by atoms with Crippen molar-refractivity contribution in [3.05, 3.63) is 53.7 Å². The maximum atomic E-state index is 13.5. The van der Waals surface area contributed by atoms with Gasteiger partial charge in [-0.2, -0.15) is 8.78 Å². The number of aromatic nitrogens is 1. The molecule has 1 saturated heterocycles. The van der Waals surface area contributed by atoms with E-state index in [0.717, 1.165) is 17.0 Å². The molecule has 3 rings (SSSR count). The quantitative estimate of drug-likeness (QED) is 0.742. The van der Waals surface area contributed by atoms with E-state index in [-0.39, 0.29) is 31.1 Å². The Morgan fingerprint density at radius 2 is 1.97 bits per heavy atom. The summed E-state index contributed by atoms with van der Waals surface area (Å²) in [4.78, 5) is 29.8. The third kappa shape index (κ3) is 4.82. The Hall–Kier alpha value is -3.17. The van der Waals surface area contributed by atoms with Crippen LogP contribution in [-0.4, -0.2) is 30.0 Å². The molecule has 6 nitrogen and oxygen atoms in total. The SMILES string of the molecule is CC1(C(=O)NCc2ccnc(OC(F)F)c2)CC(=O)N(c2cc(F)cc(F)c2)C1. The van der Waals surface area contributed by atoms with Crippen LogP contribution in [-0.2, 0) is 16.1 Å². The summed E-state index contributed by atoms with van der Waals surface area (Å²) in [6.45, 7) is -1.52. The number of hydrogen-bond donors (Lipinski definition) is 1. The highest BCUT2D eigenvalue weighted by Gasteiger charge is 2.45. The number of alkyl halides is 2. The summed E-state index contributed by atoms with van der Waals surface area (Å²) in [5.74, 6) is -2.84. The van der Waals surface area contributed by atoms with Crippen molar-refractivity contribution in [2.45, 2.75) is 26.5 Å². The predicted octanol–water partition coefficient (Wildman–Crippen LogP) is 3.02. The first-order valence-corrected chi connectivity index (χ1v) is 8.61. The van der Waals surface area contributed by atoms with Gasteiger partial charge in [-0.1, -0.05) is 0 Å². The number of nitrogens with zero attached hydrogens (tertiary/aromatic N) is 2. The number of carbonyl (C=O) groups excluding carboxylic acids is 2. The van der Waals surface area contributed by atoms with E-state index in [1.54, 1.807) is 6.92 Å². The molecule has 0 saturated carbocycles. The first kappa shape index (κ1) is 20.6. The van der Waals surface area contributed by atoms with Crippen molar-refractivity contribution in [3.8, 4) is 5.88 Å². The largest absolute Gasteiger partial charge is 0.417 e. The fraction of sp³-hybridized carbons (Fsp3) is 0.316. The molecule has 2 amide bonds. The highest BCUT2D eigenvalue weighted by molar-refractivity contribution is 6.02. The minimum Gasteiger partial charge on any atom is -0.417 e. The Morgan fingerprint density at radius 1 is 1.28 bits per heavy atom. The lowest BCUT2D eigenvalue weighted by Crippen LogP contribution is -2.40. The van der Waals surface area contributed by atoms with Crippen LogP contribution in [0, 0.1) is 17.0 Å². The minimum absolute atomic E-state index is 0.000669. The molecule has 0 bridgehead atoms. The van der Waals surface area contributed by atoms with Crippen molar-refractivity contribution in [1.29, 1.82) is 0 Å². The molecule has 29 heavy (non-hydrogen) atoms. The molecule has 1 atom stereocenters. The van der Waals surface area contributed by atoms with Crippen molar-refractivity contribution in [2.24, 2.45) is 5.41 Å². The zero-order valence-corrected chi connectivity index (χ0v) is 15.3. The maximum Gasteiger partial charge on any atom is 0.388 e. The Bertz CT molecular complexity index is 920. The van der Waals surface area contributed by atoms with Gasteiger partial charge >= 0.3 is 6.61 Å². The van der Waals surface area contributed by atoms with Crippen molar-refractivity contribution < 1.29 is 31.9 Å². The fourth-order valence-electron chi connectivity index (χ4n) is 3.12. The second-order valence-electron chi connectivity index (χ2n) is 6.91. The van der Waals surface area contributed by atoms with Gasteiger partial charge in [-0.05, 0) is 30.7 Å². The van der Waals surface area contributed by atoms with Gasteiger partial charge < -0.3 is 15.0 Å². The summed E-state index contributed by atoms with van der Waals surface area (Å²) in [7, 11) is 0. The Morgan fingerprint density at radius 3 is 2.62 bits per heavy atom. The molecule has 10 heteroatoms. The molecule has 1 aromatic carbocycles. The number of halogens is 4. The lowest BCUT2D eigenvalue weighted by molar-refractivity contribution is -0.131. The first-order valence-electron chi connectivity index (χ1n) is 8.61. The molecule has 2 heterocycles. The molecule has 0 radical (unpaired) electrons. The molecule has 1 fully saturated rings. The zero-order chi connectivity index (χ0) is 21.2. The van der Waals surface area contributed by atoms with E-state index >= 15 is 0 Å². The van der Waals surface area contributed by atoms with Crippen molar-refractivity contribution in [1.82, 2.24) is 10.3 Å². The van der Waals surface area contributed by atoms with Gasteiger partial charge in [0.2, 0.25) is 17.7 Å². The third-order valence-corrected chi connectivity index (χ3v) is 4.52. The van der Waals surface area contributed by atoms with Gasteiger partial charge in [-0.25, -0.2) is 13.8 Å². The summed E-state index contributed by atoms with van der Waals surface area (Å²) >= 11 is 0. The Labute approximate surface area is 163 Å². The van der Waals surface area contributed by atoms with Crippen molar-refractivity contribution in [2.75, 3.05) is 11.4 Å². The van der Waals surface area contributed by atoms with Crippen LogP contribution in [0.3, 0.4) is 0 Å². The second kappa shape index (κ2) is 8.06. The van der Waals surface area contributed by atoms with Crippen LogP contribution in [0.4, 0.5) is 23.2 Å². The summed E-state index contributed by atoms with van der Waals surface area (Å²) in [6, 6.07) is 5.51. The normalized spacial score (nSPS) is 19.0. The van der Waals surface area contributed by atoms with Gasteiger partial charge in [0.15, 0.2) is 0 Å². The van der Waals surface area contributed by atoms with Crippen LogP contribution in [0.5, 0.6) is 5.88 Å². The number of ether oxygens (including phenoxy) is 1. The van der Waals surface area contributed by atoms with E-state index < -0.39 is 35.5 Å². The molecule has 1 unspecified atom stereocenters. The van der Waals surface area contributed by atoms with E-state index in [2.05, 4.69) is 15.0 Å². The van der Waals surface area contributed by atoms with Crippen LogP contribution in [0.15, 0.2) is 36.5 Å². The number of hydrogen-bond acceptors (Lipinski definition) is 4. The average Bonchev–Trinajstić information content (AvgIpc) is 2.94. The van der Waals surface area contributed by atoms with Gasteiger partial charge in [0.25, 0.3) is 0 Å². The monoisotopic (exact) mass is 411 g/mol. The molecule has 154 valence electrons. The van der Waals surface area contributed by atoms with Crippen LogP contribution in [0.25, 0.3) is 0 Å². The van der Waals surface area contributed by atoms with E-state index in [1.165, 1.54) is 18.3 Å². The predicted molar refractivity (Wildman–Crippen MR) is 94.2 cm³/mol. The number of benzene rings is 1.